The fraction of sp³-hybridized carbons (Fsp3) is 0.267. The molecule has 20 heavy (non-hydrogen) atoms. The molecule has 102 valence electrons. The predicted octanol–water partition coefficient (Wildman–Crippen LogP) is 2.19. The van der Waals surface area contributed by atoms with Crippen LogP contribution in [0.15, 0.2) is 30.5 Å². The van der Waals surface area contributed by atoms with Crippen LogP contribution in [-0.4, -0.2) is 28.9 Å². The molecule has 2 N–H and O–H groups in total. The molecule has 0 aliphatic rings. The van der Waals surface area contributed by atoms with Gasteiger partial charge in [-0.05, 0) is 12.3 Å². The first-order chi connectivity index (χ1) is 9.69. The minimum Gasteiger partial charge on any atom is -0.383 e. The number of nitrogens with two attached hydrogens (primary N) is 1. The molecule has 0 radical (unpaired) electrons. The lowest BCUT2D eigenvalue weighted by Crippen LogP contribution is -2.31. The molecule has 1 heterocycles. The van der Waals surface area contributed by atoms with Crippen molar-refractivity contribution in [3.8, 4) is 6.07 Å². The number of benzene rings is 1. The van der Waals surface area contributed by atoms with Crippen LogP contribution in [0.1, 0.15) is 23.7 Å². The summed E-state index contributed by atoms with van der Waals surface area (Å²) < 4.78 is 0. The average molecular weight is 268 g/mol. The van der Waals surface area contributed by atoms with Crippen molar-refractivity contribution in [3.63, 3.8) is 0 Å². The highest BCUT2D eigenvalue weighted by atomic mass is 16.2. The smallest absolute Gasteiger partial charge is 0.256 e. The predicted molar refractivity (Wildman–Crippen MR) is 78.0 cm³/mol. The van der Waals surface area contributed by atoms with E-state index in [4.69, 9.17) is 11.0 Å². The Morgan fingerprint density at radius 1 is 1.40 bits per heavy atom. The number of nitrogens with zero attached hydrogens (tertiary/aromatic N) is 3. The first-order valence-corrected chi connectivity index (χ1v) is 6.48. The van der Waals surface area contributed by atoms with Crippen LogP contribution in [0.4, 0.5) is 5.82 Å². The summed E-state index contributed by atoms with van der Waals surface area (Å²) in [4.78, 5) is 18.3. The van der Waals surface area contributed by atoms with Gasteiger partial charge in [-0.15, -0.1) is 0 Å². The lowest BCUT2D eigenvalue weighted by Gasteiger charge is -2.20. The van der Waals surface area contributed by atoms with Gasteiger partial charge in [0.1, 0.15) is 5.82 Å². The van der Waals surface area contributed by atoms with Crippen molar-refractivity contribution >= 4 is 22.5 Å². The van der Waals surface area contributed by atoms with Crippen molar-refractivity contribution < 1.29 is 4.79 Å². The first kappa shape index (κ1) is 13.8. The zero-order valence-corrected chi connectivity index (χ0v) is 11.3. The highest BCUT2D eigenvalue weighted by molar-refractivity contribution is 6.08. The zero-order chi connectivity index (χ0) is 14.5. The van der Waals surface area contributed by atoms with E-state index in [2.05, 4.69) is 11.1 Å². The highest BCUT2D eigenvalue weighted by Gasteiger charge is 2.17. The Labute approximate surface area is 117 Å². The number of pyridine rings is 1. The molecule has 0 saturated heterocycles. The second kappa shape index (κ2) is 6.02. The number of carbonyl (C=O) groups is 1. The maximum Gasteiger partial charge on any atom is 0.256 e. The van der Waals surface area contributed by atoms with Gasteiger partial charge in [0.05, 0.1) is 18.1 Å². The standard InChI is InChI=1S/C15H16N4O/c1-2-19(9-5-8-16)15(20)13-10-18-14(17)12-7-4-3-6-11(12)13/h3-4,6-7,10H,2,5,9H2,1H3,(H2,17,18). The van der Waals surface area contributed by atoms with E-state index >= 15 is 0 Å². The Hall–Kier alpha value is -2.61. The molecular weight excluding hydrogens is 252 g/mol. The monoisotopic (exact) mass is 268 g/mol. The number of fused-ring (bicyclic) bond motifs is 1. The molecule has 5 heteroatoms. The summed E-state index contributed by atoms with van der Waals surface area (Å²) in [5.74, 6) is 0.295. The Bertz CT molecular complexity index is 675. The van der Waals surface area contributed by atoms with Gasteiger partial charge in [0.25, 0.3) is 5.91 Å². The SMILES string of the molecule is CCN(CCC#N)C(=O)c1cnc(N)c2ccccc12. The van der Waals surface area contributed by atoms with E-state index in [0.717, 1.165) is 10.8 Å². The summed E-state index contributed by atoms with van der Waals surface area (Å²) in [7, 11) is 0. The van der Waals surface area contributed by atoms with E-state index in [0.29, 0.717) is 30.9 Å². The fourth-order valence-corrected chi connectivity index (χ4v) is 2.14. The van der Waals surface area contributed by atoms with E-state index in [9.17, 15) is 4.79 Å². The van der Waals surface area contributed by atoms with Gasteiger partial charge in [-0.25, -0.2) is 4.98 Å². The number of carbonyl (C=O) groups excluding carboxylic acids is 1. The Morgan fingerprint density at radius 2 is 2.10 bits per heavy atom. The number of anilines is 1. The van der Waals surface area contributed by atoms with Crippen molar-refractivity contribution in [2.45, 2.75) is 13.3 Å². The molecule has 0 saturated carbocycles. The first-order valence-electron chi connectivity index (χ1n) is 6.48. The van der Waals surface area contributed by atoms with Crippen molar-refractivity contribution in [3.05, 3.63) is 36.0 Å². The largest absolute Gasteiger partial charge is 0.383 e. The summed E-state index contributed by atoms with van der Waals surface area (Å²) in [6.07, 6.45) is 1.83. The third kappa shape index (κ3) is 2.54. The summed E-state index contributed by atoms with van der Waals surface area (Å²) in [6.45, 7) is 2.87. The number of aromatic nitrogens is 1. The summed E-state index contributed by atoms with van der Waals surface area (Å²) in [5.41, 5.74) is 6.36. The molecule has 0 unspecified atom stereocenters. The summed E-state index contributed by atoms with van der Waals surface area (Å²) in [6, 6.07) is 9.49. The number of nitrogen functional groups attached to an aromatic ring is 1. The normalized spacial score (nSPS) is 10.2. The topological polar surface area (TPSA) is 83.0 Å². The lowest BCUT2D eigenvalue weighted by molar-refractivity contribution is 0.0769. The lowest BCUT2D eigenvalue weighted by atomic mass is 10.1. The van der Waals surface area contributed by atoms with Gasteiger partial charge < -0.3 is 10.6 Å². The van der Waals surface area contributed by atoms with Crippen LogP contribution in [0.3, 0.4) is 0 Å². The summed E-state index contributed by atoms with van der Waals surface area (Å²) >= 11 is 0. The van der Waals surface area contributed by atoms with E-state index in [1.165, 1.54) is 6.20 Å². The van der Waals surface area contributed by atoms with Crippen LogP contribution in [-0.2, 0) is 0 Å². The molecular formula is C15H16N4O. The summed E-state index contributed by atoms with van der Waals surface area (Å²) in [5, 5.41) is 10.2. The van der Waals surface area contributed by atoms with E-state index in [-0.39, 0.29) is 5.91 Å². The van der Waals surface area contributed by atoms with Crippen molar-refractivity contribution in [2.24, 2.45) is 0 Å². The van der Waals surface area contributed by atoms with E-state index in [1.54, 1.807) is 4.90 Å². The van der Waals surface area contributed by atoms with Crippen molar-refractivity contribution in [2.75, 3.05) is 18.8 Å². The van der Waals surface area contributed by atoms with Gasteiger partial charge in [0, 0.05) is 24.7 Å². The van der Waals surface area contributed by atoms with Gasteiger partial charge in [0.2, 0.25) is 0 Å². The molecule has 0 bridgehead atoms. The van der Waals surface area contributed by atoms with Crippen LogP contribution >= 0.6 is 0 Å². The van der Waals surface area contributed by atoms with Gasteiger partial charge >= 0.3 is 0 Å². The second-order valence-electron chi connectivity index (χ2n) is 4.40. The quantitative estimate of drug-likeness (QED) is 0.921. The van der Waals surface area contributed by atoms with Crippen LogP contribution < -0.4 is 5.73 Å². The molecule has 1 aromatic carbocycles. The maximum absolute atomic E-state index is 12.5. The molecule has 2 aromatic rings. The number of amides is 1. The van der Waals surface area contributed by atoms with Gasteiger partial charge in [-0.1, -0.05) is 24.3 Å². The number of hydrogen-bond donors (Lipinski definition) is 1. The molecule has 0 spiro atoms. The fourth-order valence-electron chi connectivity index (χ4n) is 2.14. The molecule has 1 amide bonds. The van der Waals surface area contributed by atoms with Crippen molar-refractivity contribution in [1.82, 2.24) is 9.88 Å². The Morgan fingerprint density at radius 3 is 2.75 bits per heavy atom. The molecule has 1 aromatic heterocycles. The third-order valence-electron chi connectivity index (χ3n) is 3.22. The van der Waals surface area contributed by atoms with Gasteiger partial charge in [0.15, 0.2) is 0 Å². The maximum atomic E-state index is 12.5. The van der Waals surface area contributed by atoms with E-state index < -0.39 is 0 Å². The highest BCUT2D eigenvalue weighted by Crippen LogP contribution is 2.23. The zero-order valence-electron chi connectivity index (χ0n) is 11.3. The van der Waals surface area contributed by atoms with Gasteiger partial charge in [-0.3, -0.25) is 4.79 Å². The van der Waals surface area contributed by atoms with Crippen LogP contribution in [0, 0.1) is 11.3 Å². The average Bonchev–Trinajstić information content (AvgIpc) is 2.48. The minimum absolute atomic E-state index is 0.119. The minimum atomic E-state index is -0.119. The van der Waals surface area contributed by atoms with Crippen LogP contribution in [0.2, 0.25) is 0 Å². The van der Waals surface area contributed by atoms with E-state index in [1.807, 2.05) is 31.2 Å². The number of rotatable bonds is 4. The molecule has 2 rings (SSSR count). The van der Waals surface area contributed by atoms with Gasteiger partial charge in [-0.2, -0.15) is 5.26 Å². The number of nitriles is 1. The molecule has 0 fully saturated rings. The Kier molecular flexibility index (Phi) is 4.16. The molecule has 5 nitrogen and oxygen atoms in total. The third-order valence-corrected chi connectivity index (χ3v) is 3.22. The van der Waals surface area contributed by atoms with Crippen LogP contribution in [0.25, 0.3) is 10.8 Å². The van der Waals surface area contributed by atoms with Crippen molar-refractivity contribution in [1.29, 1.82) is 5.26 Å². The molecule has 0 aliphatic carbocycles. The van der Waals surface area contributed by atoms with Crippen LogP contribution in [0.5, 0.6) is 0 Å². The second-order valence-corrected chi connectivity index (χ2v) is 4.40. The number of hydrogen-bond acceptors (Lipinski definition) is 4. The molecule has 0 atom stereocenters. The Balaban J connectivity index is 2.45. The molecule has 0 aliphatic heterocycles.